The number of halogens is 1. The Hall–Kier alpha value is -3.68. The number of carbonyl (C=O) groups excluding carboxylic acids is 1. The SMILES string of the molecule is Cc1ncc(Nc2cc(F)cc(N3CCCCC3)c2)cc1C(=O)Nc1ccc(NCC(C)C)nc1. The van der Waals surface area contributed by atoms with Gasteiger partial charge >= 0.3 is 0 Å². The summed E-state index contributed by atoms with van der Waals surface area (Å²) in [6.07, 6.45) is 6.72. The number of rotatable bonds is 8. The van der Waals surface area contributed by atoms with Gasteiger partial charge in [-0.05, 0) is 68.5 Å². The summed E-state index contributed by atoms with van der Waals surface area (Å²) < 4.78 is 14.4. The first-order valence-electron chi connectivity index (χ1n) is 12.2. The second-order valence-electron chi connectivity index (χ2n) is 9.39. The summed E-state index contributed by atoms with van der Waals surface area (Å²) in [4.78, 5) is 23.9. The third kappa shape index (κ3) is 6.68. The lowest BCUT2D eigenvalue weighted by molar-refractivity contribution is 0.102. The van der Waals surface area contributed by atoms with Gasteiger partial charge in [0.1, 0.15) is 11.6 Å². The minimum Gasteiger partial charge on any atom is -0.371 e. The Balaban J connectivity index is 1.46. The van der Waals surface area contributed by atoms with Crippen LogP contribution >= 0.6 is 0 Å². The van der Waals surface area contributed by atoms with Crippen LogP contribution in [0.3, 0.4) is 0 Å². The second kappa shape index (κ2) is 11.2. The van der Waals surface area contributed by atoms with E-state index in [0.29, 0.717) is 34.2 Å². The number of hydrogen-bond donors (Lipinski definition) is 3. The molecule has 3 N–H and O–H groups in total. The Kier molecular flexibility index (Phi) is 7.80. The van der Waals surface area contributed by atoms with Gasteiger partial charge in [-0.1, -0.05) is 13.8 Å². The molecular formula is C27H33FN6O. The molecule has 0 saturated carbocycles. The summed E-state index contributed by atoms with van der Waals surface area (Å²) in [5.41, 5.74) is 3.73. The Morgan fingerprint density at radius 3 is 2.49 bits per heavy atom. The number of hydrogen-bond acceptors (Lipinski definition) is 6. The van der Waals surface area contributed by atoms with Crippen LogP contribution in [0.2, 0.25) is 0 Å². The van der Waals surface area contributed by atoms with E-state index in [4.69, 9.17) is 0 Å². The second-order valence-corrected chi connectivity index (χ2v) is 9.39. The number of nitrogens with zero attached hydrogens (tertiary/aromatic N) is 3. The van der Waals surface area contributed by atoms with Crippen LogP contribution in [0.1, 0.15) is 49.2 Å². The highest BCUT2D eigenvalue weighted by Crippen LogP contribution is 2.27. The number of aryl methyl sites for hydroxylation is 1. The number of pyridine rings is 2. The van der Waals surface area contributed by atoms with Gasteiger partial charge in [0, 0.05) is 31.0 Å². The molecule has 1 amide bonds. The van der Waals surface area contributed by atoms with Crippen LogP contribution in [0.25, 0.3) is 0 Å². The predicted molar refractivity (Wildman–Crippen MR) is 140 cm³/mol. The van der Waals surface area contributed by atoms with E-state index in [1.807, 2.05) is 18.2 Å². The Labute approximate surface area is 206 Å². The van der Waals surface area contributed by atoms with E-state index >= 15 is 0 Å². The summed E-state index contributed by atoms with van der Waals surface area (Å²) in [6, 6.07) is 10.3. The summed E-state index contributed by atoms with van der Waals surface area (Å²) in [7, 11) is 0. The molecule has 0 bridgehead atoms. The molecule has 1 fully saturated rings. The highest BCUT2D eigenvalue weighted by Gasteiger charge is 2.15. The molecule has 184 valence electrons. The number of aromatic nitrogens is 2. The molecule has 0 radical (unpaired) electrons. The van der Waals surface area contributed by atoms with Crippen molar-refractivity contribution < 1.29 is 9.18 Å². The van der Waals surface area contributed by atoms with Gasteiger partial charge in [0.2, 0.25) is 0 Å². The topological polar surface area (TPSA) is 82.2 Å². The predicted octanol–water partition coefficient (Wildman–Crippen LogP) is 5.98. The fraction of sp³-hybridized carbons (Fsp3) is 0.370. The zero-order valence-corrected chi connectivity index (χ0v) is 20.6. The minimum atomic E-state index is -0.299. The number of carbonyl (C=O) groups is 1. The minimum absolute atomic E-state index is 0.281. The molecule has 1 saturated heterocycles. The van der Waals surface area contributed by atoms with Crippen LogP contribution in [-0.2, 0) is 0 Å². The van der Waals surface area contributed by atoms with Crippen LogP contribution in [0.5, 0.6) is 0 Å². The molecule has 1 aliphatic rings. The van der Waals surface area contributed by atoms with E-state index in [1.165, 1.54) is 12.5 Å². The first kappa shape index (κ1) is 24.4. The average Bonchev–Trinajstić information content (AvgIpc) is 2.85. The maximum atomic E-state index is 14.4. The van der Waals surface area contributed by atoms with Crippen LogP contribution < -0.4 is 20.9 Å². The number of amides is 1. The van der Waals surface area contributed by atoms with Crippen LogP contribution in [0.4, 0.5) is 33.0 Å². The van der Waals surface area contributed by atoms with Crippen molar-refractivity contribution in [3.8, 4) is 0 Å². The van der Waals surface area contributed by atoms with E-state index in [2.05, 4.69) is 44.7 Å². The standard InChI is InChI=1S/C27H33FN6O/c1-18(2)15-30-26-8-7-21(16-31-26)33-27(35)25-14-23(17-29-19(25)3)32-22-11-20(28)12-24(13-22)34-9-5-4-6-10-34/h7-8,11-14,16-18,32H,4-6,9-10,15H2,1-3H3,(H,30,31)(H,33,35). The summed E-state index contributed by atoms with van der Waals surface area (Å²) in [5, 5.41) is 9.34. The molecular weight excluding hydrogens is 443 g/mol. The number of piperidine rings is 1. The van der Waals surface area contributed by atoms with E-state index < -0.39 is 0 Å². The Bertz CT molecular complexity index is 1160. The molecule has 35 heavy (non-hydrogen) atoms. The monoisotopic (exact) mass is 476 g/mol. The fourth-order valence-corrected chi connectivity index (χ4v) is 4.06. The molecule has 0 spiro atoms. The van der Waals surface area contributed by atoms with Crippen molar-refractivity contribution in [2.75, 3.05) is 40.5 Å². The lowest BCUT2D eigenvalue weighted by Crippen LogP contribution is -2.29. The number of anilines is 5. The van der Waals surface area contributed by atoms with Gasteiger partial charge in [0.15, 0.2) is 0 Å². The van der Waals surface area contributed by atoms with Crippen molar-refractivity contribution in [3.05, 3.63) is 65.9 Å². The van der Waals surface area contributed by atoms with Gasteiger partial charge in [-0.2, -0.15) is 0 Å². The van der Waals surface area contributed by atoms with Gasteiger partial charge in [0.05, 0.1) is 35.0 Å². The van der Waals surface area contributed by atoms with Crippen molar-refractivity contribution in [2.24, 2.45) is 5.92 Å². The Morgan fingerprint density at radius 2 is 1.77 bits per heavy atom. The van der Waals surface area contributed by atoms with Gasteiger partial charge < -0.3 is 20.9 Å². The molecule has 8 heteroatoms. The zero-order chi connectivity index (χ0) is 24.8. The average molecular weight is 477 g/mol. The fourth-order valence-electron chi connectivity index (χ4n) is 4.06. The molecule has 4 rings (SSSR count). The largest absolute Gasteiger partial charge is 0.371 e. The quantitative estimate of drug-likeness (QED) is 0.371. The highest BCUT2D eigenvalue weighted by atomic mass is 19.1. The summed E-state index contributed by atoms with van der Waals surface area (Å²) in [6.45, 7) is 8.73. The molecule has 3 aromatic rings. The van der Waals surface area contributed by atoms with E-state index in [9.17, 15) is 9.18 Å². The van der Waals surface area contributed by atoms with E-state index in [0.717, 1.165) is 44.0 Å². The van der Waals surface area contributed by atoms with Gasteiger partial charge in [0.25, 0.3) is 5.91 Å². The maximum absolute atomic E-state index is 14.4. The number of benzene rings is 1. The molecule has 0 atom stereocenters. The van der Waals surface area contributed by atoms with Crippen molar-refractivity contribution in [1.29, 1.82) is 0 Å². The van der Waals surface area contributed by atoms with Crippen molar-refractivity contribution >= 4 is 34.5 Å². The molecule has 7 nitrogen and oxygen atoms in total. The number of nitrogens with one attached hydrogen (secondary N) is 3. The van der Waals surface area contributed by atoms with Crippen molar-refractivity contribution in [2.45, 2.75) is 40.0 Å². The smallest absolute Gasteiger partial charge is 0.257 e. The van der Waals surface area contributed by atoms with Crippen LogP contribution in [0.15, 0.2) is 48.8 Å². The molecule has 1 aliphatic heterocycles. The highest BCUT2D eigenvalue weighted by molar-refractivity contribution is 6.05. The maximum Gasteiger partial charge on any atom is 0.257 e. The molecule has 0 aliphatic carbocycles. The molecule has 3 heterocycles. The van der Waals surface area contributed by atoms with Gasteiger partial charge in [-0.15, -0.1) is 0 Å². The first-order valence-corrected chi connectivity index (χ1v) is 12.2. The Morgan fingerprint density at radius 1 is 1.00 bits per heavy atom. The lowest BCUT2D eigenvalue weighted by Gasteiger charge is -2.29. The van der Waals surface area contributed by atoms with Crippen molar-refractivity contribution in [3.63, 3.8) is 0 Å². The van der Waals surface area contributed by atoms with Crippen LogP contribution in [-0.4, -0.2) is 35.5 Å². The molecule has 1 aromatic carbocycles. The first-order chi connectivity index (χ1) is 16.9. The van der Waals surface area contributed by atoms with Crippen molar-refractivity contribution in [1.82, 2.24) is 9.97 Å². The van der Waals surface area contributed by atoms with Gasteiger partial charge in [-0.25, -0.2) is 9.37 Å². The summed E-state index contributed by atoms with van der Waals surface area (Å²) >= 11 is 0. The summed E-state index contributed by atoms with van der Waals surface area (Å²) in [5.74, 6) is 0.695. The molecule has 2 aromatic heterocycles. The van der Waals surface area contributed by atoms with Gasteiger partial charge in [-0.3, -0.25) is 9.78 Å². The normalized spacial score (nSPS) is 13.6. The third-order valence-electron chi connectivity index (χ3n) is 5.94. The van der Waals surface area contributed by atoms with E-state index in [-0.39, 0.29) is 11.7 Å². The molecule has 0 unspecified atom stereocenters. The van der Waals surface area contributed by atoms with E-state index in [1.54, 1.807) is 31.5 Å². The van der Waals surface area contributed by atoms with Crippen LogP contribution in [0, 0.1) is 18.7 Å². The third-order valence-corrected chi connectivity index (χ3v) is 5.94. The zero-order valence-electron chi connectivity index (χ0n) is 20.6. The lowest BCUT2D eigenvalue weighted by atomic mass is 10.1.